The number of nitrogens with zero attached hydrogens (tertiary/aromatic N) is 5. The number of methoxy groups -OCH3 is 3. The van der Waals surface area contributed by atoms with E-state index in [4.69, 9.17) is 14.2 Å². The molecule has 4 aromatic rings. The molecule has 1 atom stereocenters. The first-order valence-electron chi connectivity index (χ1n) is 12.9. The number of ether oxygens (including phenoxy) is 3. The molecule has 1 fully saturated rings. The lowest BCUT2D eigenvalue weighted by Gasteiger charge is -2.36. The van der Waals surface area contributed by atoms with Crippen molar-refractivity contribution in [3.05, 3.63) is 69.8 Å². The van der Waals surface area contributed by atoms with Crippen LogP contribution in [0.2, 0.25) is 0 Å². The van der Waals surface area contributed by atoms with Crippen LogP contribution in [0.1, 0.15) is 55.1 Å². The van der Waals surface area contributed by atoms with Crippen LogP contribution in [0.4, 0.5) is 0 Å². The van der Waals surface area contributed by atoms with Crippen LogP contribution in [0.5, 0.6) is 17.2 Å². The first-order valence-corrected chi connectivity index (χ1v) is 12.9. The number of aromatic nitrogens is 5. The minimum Gasteiger partial charge on any atom is -0.497 e. The van der Waals surface area contributed by atoms with Crippen LogP contribution >= 0.6 is 0 Å². The van der Waals surface area contributed by atoms with Gasteiger partial charge in [-0.2, -0.15) is 0 Å². The standard InChI is InChI=1S/C28H34N6O4/c1-33(20-8-6-5-7-9-20)26(27-30-31-32-34(27)17-18-10-12-21(36-2)13-11-18)22-14-19-15-24(37-3)25(38-4)16-23(19)29-28(22)35/h10-16,20,26H,5-9,17H2,1-4H3,(H,29,35). The maximum absolute atomic E-state index is 13.6. The van der Waals surface area contributed by atoms with Gasteiger partial charge in [0.15, 0.2) is 17.3 Å². The number of hydrogen-bond donors (Lipinski definition) is 1. The summed E-state index contributed by atoms with van der Waals surface area (Å²) in [6, 6.07) is 13.3. The van der Waals surface area contributed by atoms with Gasteiger partial charge in [0.1, 0.15) is 11.8 Å². The minimum absolute atomic E-state index is 0.184. The zero-order valence-electron chi connectivity index (χ0n) is 22.3. The molecule has 0 amide bonds. The average Bonchev–Trinajstić information content (AvgIpc) is 3.41. The lowest BCUT2D eigenvalue weighted by atomic mass is 9.92. The molecule has 2 aromatic carbocycles. The van der Waals surface area contributed by atoms with Crippen molar-refractivity contribution in [2.24, 2.45) is 0 Å². The molecule has 10 nitrogen and oxygen atoms in total. The number of tetrazole rings is 1. The molecule has 5 rings (SSSR count). The molecule has 38 heavy (non-hydrogen) atoms. The van der Waals surface area contributed by atoms with Gasteiger partial charge in [-0.25, -0.2) is 4.68 Å². The van der Waals surface area contributed by atoms with E-state index in [2.05, 4.69) is 32.5 Å². The van der Waals surface area contributed by atoms with Gasteiger partial charge in [-0.05, 0) is 60.1 Å². The van der Waals surface area contributed by atoms with Gasteiger partial charge in [0.05, 0.1) is 33.4 Å². The number of H-pyrrole nitrogens is 1. The highest BCUT2D eigenvalue weighted by molar-refractivity contribution is 5.83. The molecule has 0 aliphatic heterocycles. The predicted molar refractivity (Wildman–Crippen MR) is 144 cm³/mol. The molecule has 0 bridgehead atoms. The highest BCUT2D eigenvalue weighted by atomic mass is 16.5. The Balaban J connectivity index is 1.61. The number of fused-ring (bicyclic) bond motifs is 1. The summed E-state index contributed by atoms with van der Waals surface area (Å²) in [4.78, 5) is 18.9. The summed E-state index contributed by atoms with van der Waals surface area (Å²) in [6.45, 7) is 0.470. The van der Waals surface area contributed by atoms with Crippen LogP contribution in [0.15, 0.2) is 47.3 Å². The monoisotopic (exact) mass is 518 g/mol. The van der Waals surface area contributed by atoms with Gasteiger partial charge in [-0.1, -0.05) is 31.4 Å². The van der Waals surface area contributed by atoms with Crippen molar-refractivity contribution in [1.82, 2.24) is 30.1 Å². The van der Waals surface area contributed by atoms with E-state index in [0.29, 0.717) is 41.0 Å². The van der Waals surface area contributed by atoms with Crippen molar-refractivity contribution in [2.45, 2.75) is 50.7 Å². The van der Waals surface area contributed by atoms with Crippen molar-refractivity contribution in [3.63, 3.8) is 0 Å². The molecule has 1 aliphatic rings. The van der Waals surface area contributed by atoms with E-state index in [9.17, 15) is 4.79 Å². The minimum atomic E-state index is -0.437. The van der Waals surface area contributed by atoms with E-state index in [1.807, 2.05) is 36.4 Å². The van der Waals surface area contributed by atoms with Gasteiger partial charge in [-0.3, -0.25) is 9.69 Å². The van der Waals surface area contributed by atoms with Crippen molar-refractivity contribution >= 4 is 10.9 Å². The molecule has 2 aromatic heterocycles. The summed E-state index contributed by atoms with van der Waals surface area (Å²) >= 11 is 0. The second-order valence-corrected chi connectivity index (χ2v) is 9.75. The van der Waals surface area contributed by atoms with Crippen LogP contribution in [0.25, 0.3) is 10.9 Å². The van der Waals surface area contributed by atoms with Crippen LogP contribution in [0.3, 0.4) is 0 Å². The molecular formula is C28H34N6O4. The third-order valence-electron chi connectivity index (χ3n) is 7.53. The average molecular weight is 519 g/mol. The van der Waals surface area contributed by atoms with Crippen molar-refractivity contribution in [3.8, 4) is 17.2 Å². The number of pyridine rings is 1. The Morgan fingerprint density at radius 1 is 1.00 bits per heavy atom. The highest BCUT2D eigenvalue weighted by Crippen LogP contribution is 2.35. The van der Waals surface area contributed by atoms with E-state index in [-0.39, 0.29) is 5.56 Å². The van der Waals surface area contributed by atoms with Crippen molar-refractivity contribution in [1.29, 1.82) is 0 Å². The lowest BCUT2D eigenvalue weighted by Crippen LogP contribution is -2.40. The number of hydrogen-bond acceptors (Lipinski definition) is 8. The quantitative estimate of drug-likeness (QED) is 0.355. The maximum atomic E-state index is 13.6. The molecule has 0 saturated heterocycles. The van der Waals surface area contributed by atoms with Crippen molar-refractivity contribution < 1.29 is 14.2 Å². The Kier molecular flexibility index (Phi) is 7.59. The smallest absolute Gasteiger partial charge is 0.253 e. The number of aromatic amines is 1. The van der Waals surface area contributed by atoms with Crippen LogP contribution in [-0.4, -0.2) is 64.5 Å². The zero-order valence-corrected chi connectivity index (χ0v) is 22.3. The summed E-state index contributed by atoms with van der Waals surface area (Å²) in [5.74, 6) is 2.57. The fraction of sp³-hybridized carbons (Fsp3) is 0.429. The van der Waals surface area contributed by atoms with E-state index in [1.54, 1.807) is 32.1 Å². The van der Waals surface area contributed by atoms with Gasteiger partial charge < -0.3 is 19.2 Å². The summed E-state index contributed by atoms with van der Waals surface area (Å²) < 4.78 is 18.0. The van der Waals surface area contributed by atoms with Gasteiger partial charge >= 0.3 is 0 Å². The Labute approximate surface area is 221 Å². The highest BCUT2D eigenvalue weighted by Gasteiger charge is 2.33. The number of rotatable bonds is 9. The molecule has 0 radical (unpaired) electrons. The SMILES string of the molecule is COc1ccc(Cn2nnnc2C(c2cc3cc(OC)c(OC)cc3[nH]c2=O)N(C)C2CCCCC2)cc1. The Morgan fingerprint density at radius 3 is 2.39 bits per heavy atom. The largest absolute Gasteiger partial charge is 0.497 e. The predicted octanol–water partition coefficient (Wildman–Crippen LogP) is 3.94. The third kappa shape index (κ3) is 5.08. The molecule has 1 aliphatic carbocycles. The normalized spacial score (nSPS) is 15.1. The Bertz CT molecular complexity index is 1440. The summed E-state index contributed by atoms with van der Waals surface area (Å²) in [5.41, 5.74) is 2.11. The van der Waals surface area contributed by atoms with Gasteiger partial charge in [0.2, 0.25) is 0 Å². The second kappa shape index (κ2) is 11.2. The lowest BCUT2D eigenvalue weighted by molar-refractivity contribution is 0.149. The van der Waals surface area contributed by atoms with Crippen LogP contribution in [-0.2, 0) is 6.54 Å². The summed E-state index contributed by atoms with van der Waals surface area (Å²) in [7, 11) is 6.90. The number of benzene rings is 2. The van der Waals surface area contributed by atoms with Crippen LogP contribution in [0, 0.1) is 0 Å². The van der Waals surface area contributed by atoms with Gasteiger partial charge in [0, 0.05) is 23.1 Å². The Morgan fingerprint density at radius 2 is 1.71 bits per heavy atom. The molecule has 1 N–H and O–H groups in total. The molecule has 2 heterocycles. The van der Waals surface area contributed by atoms with Crippen molar-refractivity contribution in [2.75, 3.05) is 28.4 Å². The fourth-order valence-electron chi connectivity index (χ4n) is 5.42. The topological polar surface area (TPSA) is 107 Å². The van der Waals surface area contributed by atoms with Gasteiger partial charge in [0.25, 0.3) is 5.56 Å². The first-order chi connectivity index (χ1) is 18.5. The summed E-state index contributed by atoms with van der Waals surface area (Å²) in [6.07, 6.45) is 5.72. The van der Waals surface area contributed by atoms with E-state index < -0.39 is 6.04 Å². The molecular weight excluding hydrogens is 484 g/mol. The third-order valence-corrected chi connectivity index (χ3v) is 7.53. The maximum Gasteiger partial charge on any atom is 0.253 e. The molecule has 1 saturated carbocycles. The molecule has 1 unspecified atom stereocenters. The number of nitrogens with one attached hydrogen (secondary N) is 1. The second-order valence-electron chi connectivity index (χ2n) is 9.75. The zero-order chi connectivity index (χ0) is 26.6. The molecule has 10 heteroatoms. The first kappa shape index (κ1) is 25.7. The molecule has 200 valence electrons. The Hall–Kier alpha value is -3.92. The van der Waals surface area contributed by atoms with E-state index in [0.717, 1.165) is 29.5 Å². The summed E-state index contributed by atoms with van der Waals surface area (Å²) in [5, 5.41) is 13.6. The van der Waals surface area contributed by atoms with E-state index in [1.165, 1.54) is 19.3 Å². The van der Waals surface area contributed by atoms with E-state index >= 15 is 0 Å². The fourth-order valence-corrected chi connectivity index (χ4v) is 5.42. The van der Waals surface area contributed by atoms with Gasteiger partial charge in [-0.15, -0.1) is 5.10 Å². The molecule has 0 spiro atoms. The van der Waals surface area contributed by atoms with Crippen LogP contribution < -0.4 is 19.8 Å².